The molecule has 0 aromatic heterocycles. The number of unbranched alkanes of at least 4 members (excludes halogenated alkanes) is 1. The molecule has 0 saturated carbocycles. The molecule has 13 amide bonds. The van der Waals surface area contributed by atoms with E-state index in [1.807, 2.05) is 20.1 Å². The first-order valence-corrected chi connectivity index (χ1v) is 33.6. The Hall–Kier alpha value is -8.91. The molecule has 524 valence electrons. The Labute approximate surface area is 558 Å². The van der Waals surface area contributed by atoms with Gasteiger partial charge in [-0.3, -0.25) is 67.3 Å². The van der Waals surface area contributed by atoms with Gasteiger partial charge in [0.1, 0.15) is 54.4 Å². The molecule has 2 aliphatic rings. The fourth-order valence-electron chi connectivity index (χ4n) is 11.0. The molecular formula is C63H98N18O13S. The molecule has 2 aromatic carbocycles. The zero-order valence-electron chi connectivity index (χ0n) is 54.5. The number of guanidine groups is 1. The summed E-state index contributed by atoms with van der Waals surface area (Å²) in [6.07, 6.45) is 3.12. The van der Waals surface area contributed by atoms with E-state index in [0.29, 0.717) is 55.4 Å². The smallest absolute Gasteiger partial charge is 0.245 e. The van der Waals surface area contributed by atoms with Crippen LogP contribution in [0.5, 0.6) is 0 Å². The van der Waals surface area contributed by atoms with Crippen LogP contribution in [-0.2, 0) is 75.2 Å². The molecule has 2 saturated heterocycles. The molecule has 0 unspecified atom stereocenters. The van der Waals surface area contributed by atoms with Crippen LogP contribution in [0.1, 0.15) is 121 Å². The minimum absolute atomic E-state index is 0.0736. The molecular weight excluding hydrogens is 1250 g/mol. The van der Waals surface area contributed by atoms with Crippen LogP contribution >= 0.6 is 11.8 Å². The van der Waals surface area contributed by atoms with Crippen molar-refractivity contribution in [3.63, 3.8) is 0 Å². The number of thioether (sulfide) groups is 1. The molecule has 31 nitrogen and oxygen atoms in total. The summed E-state index contributed by atoms with van der Waals surface area (Å²) in [4.78, 5) is 185. The third-order valence-electron chi connectivity index (χ3n) is 16.0. The van der Waals surface area contributed by atoms with Crippen molar-refractivity contribution in [2.75, 3.05) is 44.7 Å². The number of nitrogens with zero attached hydrogens (tertiary/aromatic N) is 3. The first-order valence-electron chi connectivity index (χ1n) is 32.2. The van der Waals surface area contributed by atoms with Gasteiger partial charge >= 0.3 is 0 Å². The number of amides is 13. The van der Waals surface area contributed by atoms with Gasteiger partial charge in [-0.2, -0.15) is 11.8 Å². The Morgan fingerprint density at radius 2 is 1.01 bits per heavy atom. The number of nitrogens with one attached hydrogen (secondary N) is 8. The highest BCUT2D eigenvalue weighted by atomic mass is 32.2. The number of aliphatic imine (C=N–C) groups is 1. The van der Waals surface area contributed by atoms with Gasteiger partial charge < -0.3 is 92.5 Å². The number of likely N-dealkylation sites (tertiary alicyclic amines) is 2. The zero-order chi connectivity index (χ0) is 70.1. The minimum atomic E-state index is -1.64. The molecule has 2 heterocycles. The number of hydrogen-bond acceptors (Lipinski definition) is 17. The second-order valence-electron chi connectivity index (χ2n) is 24.1. The first kappa shape index (κ1) is 78.5. The van der Waals surface area contributed by atoms with E-state index >= 15 is 0 Å². The van der Waals surface area contributed by atoms with E-state index in [-0.39, 0.29) is 83.0 Å². The van der Waals surface area contributed by atoms with Gasteiger partial charge in [0.25, 0.3) is 0 Å². The van der Waals surface area contributed by atoms with Gasteiger partial charge in [-0.25, -0.2) is 0 Å². The molecule has 22 N–H and O–H groups in total. The number of benzene rings is 2. The van der Waals surface area contributed by atoms with Crippen LogP contribution in [0, 0.1) is 5.92 Å². The van der Waals surface area contributed by atoms with Gasteiger partial charge in [0.05, 0.1) is 12.6 Å². The van der Waals surface area contributed by atoms with Crippen molar-refractivity contribution in [3.8, 4) is 0 Å². The van der Waals surface area contributed by atoms with Gasteiger partial charge in [0, 0.05) is 45.3 Å². The van der Waals surface area contributed by atoms with E-state index < -0.39 is 169 Å². The highest BCUT2D eigenvalue weighted by Gasteiger charge is 2.42. The second kappa shape index (κ2) is 41.0. The predicted octanol–water partition coefficient (Wildman–Crippen LogP) is -3.71. The molecule has 2 aliphatic heterocycles. The summed E-state index contributed by atoms with van der Waals surface area (Å²) < 4.78 is 0. The standard InChI is InChI=1S/C63H98N18O13S/c1-37(2)33-45(57(89)74-41(53(68)85)27-32-95-3)73-52(84)36-72-54(86)46(34-38-15-6-4-7-16-38)78-58(90)47(35-39-17-8-5-9-18-39)79-56(88)42(23-25-50(66)82)75-55(87)43(24-26-51(67)83)76-59(91)49-22-14-31-81(49)62(94)44(20-10-11-28-64)77-60(92)48-21-13-30-80(48)61(93)40(65)19-12-29-71-63(69)70/h4-9,15-18,37,40-49H,10-14,19-36,64-65H2,1-3H3,(H2,66,82)(H2,67,83)(H2,68,85)(H,72,86)(H,73,84)(H,74,89)(H,75,87)(H,76,91)(H,77,92)(H,78,90)(H,79,88)(H4,69,70,71)/t40-,41+,42-,43-,44+,45-,46-,47+,48+,49-/m1/s1. The average molecular weight is 1350 g/mol. The molecule has 0 spiro atoms. The van der Waals surface area contributed by atoms with Crippen LogP contribution in [0.25, 0.3) is 0 Å². The minimum Gasteiger partial charge on any atom is -0.370 e. The van der Waals surface area contributed by atoms with Crippen LogP contribution in [0.2, 0.25) is 0 Å². The van der Waals surface area contributed by atoms with Crippen LogP contribution in [0.3, 0.4) is 0 Å². The summed E-state index contributed by atoms with van der Waals surface area (Å²) >= 11 is 1.45. The maximum absolute atomic E-state index is 14.7. The van der Waals surface area contributed by atoms with Crippen LogP contribution in [-0.4, -0.2) is 198 Å². The van der Waals surface area contributed by atoms with Crippen LogP contribution in [0.4, 0.5) is 0 Å². The third-order valence-corrected chi connectivity index (χ3v) is 16.7. The molecule has 2 fully saturated rings. The molecule has 0 aliphatic carbocycles. The maximum Gasteiger partial charge on any atom is 0.245 e. The predicted molar refractivity (Wildman–Crippen MR) is 356 cm³/mol. The number of carbonyl (C=O) groups is 13. The molecule has 10 atom stereocenters. The number of nitrogens with two attached hydrogens (primary N) is 7. The van der Waals surface area contributed by atoms with E-state index in [9.17, 15) is 62.3 Å². The summed E-state index contributed by atoms with van der Waals surface area (Å²) in [7, 11) is 0. The Morgan fingerprint density at radius 1 is 0.537 bits per heavy atom. The zero-order valence-corrected chi connectivity index (χ0v) is 55.3. The average Bonchev–Trinajstić information content (AvgIpc) is 1.74. The Morgan fingerprint density at radius 3 is 1.51 bits per heavy atom. The Bertz CT molecular complexity index is 2960. The lowest BCUT2D eigenvalue weighted by molar-refractivity contribution is -0.144. The molecule has 32 heteroatoms. The van der Waals surface area contributed by atoms with Gasteiger partial charge in [-0.15, -0.1) is 0 Å². The van der Waals surface area contributed by atoms with E-state index in [0.717, 1.165) is 0 Å². The molecule has 0 bridgehead atoms. The third kappa shape index (κ3) is 27.5. The maximum atomic E-state index is 14.7. The molecule has 2 aromatic rings. The first-order chi connectivity index (χ1) is 45.2. The fourth-order valence-corrected chi connectivity index (χ4v) is 11.5. The van der Waals surface area contributed by atoms with Crippen LogP contribution < -0.4 is 82.7 Å². The lowest BCUT2D eigenvalue weighted by Crippen LogP contribution is -2.60. The Kier molecular flexibility index (Phi) is 33.9. The lowest BCUT2D eigenvalue weighted by atomic mass is 10.0. The SMILES string of the molecule is CSCC[C@H](NC(=O)[C@@H](CC(C)C)NC(=O)CNC(=O)[C@@H](Cc1ccccc1)NC(=O)[C@H](Cc1ccccc1)NC(=O)[C@@H](CCC(N)=O)NC(=O)[C@@H](CCC(N)=O)NC(=O)[C@H]1CCCN1C(=O)[C@H](CCCCN)NC(=O)[C@@H]1CCCN1C(=O)[C@H](N)CCCN=C(N)N)C(N)=O. The number of rotatable bonds is 42. The summed E-state index contributed by atoms with van der Waals surface area (Å²) in [6, 6.07) is 4.51. The Balaban J connectivity index is 1.56. The number of carbonyl (C=O) groups excluding carboxylic acids is 13. The van der Waals surface area contributed by atoms with Crippen molar-refractivity contribution in [3.05, 3.63) is 71.8 Å². The van der Waals surface area contributed by atoms with E-state index in [1.54, 1.807) is 60.7 Å². The monoisotopic (exact) mass is 1350 g/mol. The van der Waals surface area contributed by atoms with E-state index in [2.05, 4.69) is 47.5 Å². The van der Waals surface area contributed by atoms with Crippen molar-refractivity contribution < 1.29 is 62.3 Å². The quantitative estimate of drug-likeness (QED) is 0.0173. The summed E-state index contributed by atoms with van der Waals surface area (Å²) in [5.41, 5.74) is 40.6. The lowest BCUT2D eigenvalue weighted by Gasteiger charge is -2.32. The topological polar surface area (TPSA) is 519 Å². The fraction of sp³-hybridized carbons (Fsp3) is 0.587. The summed E-state index contributed by atoms with van der Waals surface area (Å²) in [5.74, 6) is -9.80. The van der Waals surface area contributed by atoms with E-state index in [1.165, 1.54) is 21.6 Å². The summed E-state index contributed by atoms with van der Waals surface area (Å²) in [6.45, 7) is 3.86. The van der Waals surface area contributed by atoms with Gasteiger partial charge in [0.15, 0.2) is 5.96 Å². The van der Waals surface area contributed by atoms with Gasteiger partial charge in [-0.1, -0.05) is 74.5 Å². The van der Waals surface area contributed by atoms with Gasteiger partial charge in [-0.05, 0) is 119 Å². The molecule has 95 heavy (non-hydrogen) atoms. The van der Waals surface area contributed by atoms with Crippen LogP contribution in [0.15, 0.2) is 65.7 Å². The van der Waals surface area contributed by atoms with Crippen molar-refractivity contribution >= 4 is 94.5 Å². The van der Waals surface area contributed by atoms with Crippen molar-refractivity contribution in [2.45, 2.75) is 183 Å². The summed E-state index contributed by atoms with van der Waals surface area (Å²) in [5, 5.41) is 21.1. The van der Waals surface area contributed by atoms with E-state index in [4.69, 9.17) is 40.1 Å². The van der Waals surface area contributed by atoms with Crippen molar-refractivity contribution in [2.24, 2.45) is 51.0 Å². The van der Waals surface area contributed by atoms with Crippen molar-refractivity contribution in [1.29, 1.82) is 0 Å². The highest BCUT2D eigenvalue weighted by Crippen LogP contribution is 2.24. The normalized spacial score (nSPS) is 16.8. The molecule has 4 rings (SSSR count). The second-order valence-corrected chi connectivity index (χ2v) is 25.1. The van der Waals surface area contributed by atoms with Gasteiger partial charge in [0.2, 0.25) is 76.8 Å². The number of hydrogen-bond donors (Lipinski definition) is 15. The highest BCUT2D eigenvalue weighted by molar-refractivity contribution is 7.98. The molecule has 0 radical (unpaired) electrons. The number of primary amides is 3. The van der Waals surface area contributed by atoms with Crippen molar-refractivity contribution in [1.82, 2.24) is 52.3 Å². The largest absolute Gasteiger partial charge is 0.370 e.